The molecule has 0 radical (unpaired) electrons. The number of fused-ring (bicyclic) bond motifs is 5. The van der Waals surface area contributed by atoms with Gasteiger partial charge in [0.2, 0.25) is 5.78 Å². The molecule has 3 saturated carbocycles. The van der Waals surface area contributed by atoms with Crippen LogP contribution in [0.5, 0.6) is 0 Å². The number of ether oxygens (including phenoxy) is 1. The Morgan fingerprint density at radius 1 is 1.21 bits per heavy atom. The van der Waals surface area contributed by atoms with Crippen molar-refractivity contribution >= 4 is 17.5 Å². The second kappa shape index (κ2) is 6.74. The molecule has 0 amide bonds. The molecule has 4 aliphatic rings. The van der Waals surface area contributed by atoms with Crippen LogP contribution in [0, 0.1) is 28.6 Å². The van der Waals surface area contributed by atoms with Crippen LogP contribution in [-0.4, -0.2) is 46.1 Å². The molecule has 7 atom stereocenters. The van der Waals surface area contributed by atoms with Gasteiger partial charge in [-0.3, -0.25) is 14.4 Å². The van der Waals surface area contributed by atoms with Gasteiger partial charge in [0.1, 0.15) is 5.60 Å². The van der Waals surface area contributed by atoms with E-state index in [9.17, 15) is 24.6 Å². The molecule has 3 fully saturated rings. The van der Waals surface area contributed by atoms with E-state index >= 15 is 0 Å². The quantitative estimate of drug-likeness (QED) is 0.701. The Labute approximate surface area is 171 Å². The van der Waals surface area contributed by atoms with E-state index in [-0.39, 0.29) is 29.0 Å². The van der Waals surface area contributed by atoms with Crippen molar-refractivity contribution in [3.63, 3.8) is 0 Å². The fourth-order valence-electron chi connectivity index (χ4n) is 7.44. The summed E-state index contributed by atoms with van der Waals surface area (Å²) in [7, 11) is 0. The molecular formula is C23H32O6. The summed E-state index contributed by atoms with van der Waals surface area (Å²) in [6.07, 6.45) is 5.54. The zero-order chi connectivity index (χ0) is 21.2. The highest BCUT2D eigenvalue weighted by molar-refractivity contribution is 5.92. The third kappa shape index (κ3) is 2.86. The third-order valence-corrected chi connectivity index (χ3v) is 8.92. The summed E-state index contributed by atoms with van der Waals surface area (Å²) in [5.41, 5.74) is -1.36. The number of esters is 1. The number of Topliss-reactive ketones (excluding diaryl/α,β-unsaturated/α-hetero) is 1. The summed E-state index contributed by atoms with van der Waals surface area (Å²) in [4.78, 5) is 36.0. The Kier molecular flexibility index (Phi) is 4.82. The highest BCUT2D eigenvalue weighted by atomic mass is 16.5. The molecular weight excluding hydrogens is 372 g/mol. The van der Waals surface area contributed by atoms with Crippen molar-refractivity contribution in [1.29, 1.82) is 0 Å². The average Bonchev–Trinajstić information content (AvgIpc) is 2.91. The number of carbonyl (C=O) groups is 3. The number of carbonyl (C=O) groups excluding carboxylic acids is 3. The molecule has 0 aromatic carbocycles. The smallest absolute Gasteiger partial charge is 0.303 e. The van der Waals surface area contributed by atoms with E-state index in [4.69, 9.17) is 4.74 Å². The Hall–Kier alpha value is -1.53. The van der Waals surface area contributed by atoms with Crippen molar-refractivity contribution in [1.82, 2.24) is 0 Å². The highest BCUT2D eigenvalue weighted by Gasteiger charge is 2.68. The van der Waals surface area contributed by atoms with Gasteiger partial charge in [-0.25, -0.2) is 0 Å². The van der Waals surface area contributed by atoms with Crippen LogP contribution in [0.1, 0.15) is 65.7 Å². The van der Waals surface area contributed by atoms with Crippen LogP contribution < -0.4 is 0 Å². The van der Waals surface area contributed by atoms with E-state index in [0.29, 0.717) is 19.3 Å². The van der Waals surface area contributed by atoms with Crippen molar-refractivity contribution in [2.45, 2.75) is 77.4 Å². The molecule has 6 heteroatoms. The molecule has 0 aromatic rings. The number of hydrogen-bond acceptors (Lipinski definition) is 6. The van der Waals surface area contributed by atoms with Gasteiger partial charge in [-0.15, -0.1) is 0 Å². The molecule has 0 aliphatic heterocycles. The normalized spacial score (nSPS) is 46.2. The maximum absolute atomic E-state index is 12.9. The maximum atomic E-state index is 12.9. The van der Waals surface area contributed by atoms with Gasteiger partial charge < -0.3 is 14.9 Å². The monoisotopic (exact) mass is 404 g/mol. The molecule has 6 nitrogen and oxygen atoms in total. The largest absolute Gasteiger partial charge is 0.458 e. The van der Waals surface area contributed by atoms with Gasteiger partial charge in [-0.2, -0.15) is 0 Å². The Balaban J connectivity index is 1.65. The minimum atomic E-state index is -1.58. The number of allylic oxidation sites excluding steroid dienone is 1. The standard InChI is InChI=1S/C23H32O6/c1-13(24)29-12-19(27)23(28)9-7-17-16-5-4-14-10-15(25)6-8-21(14,2)20(16)18(26)11-22(17,23)3/h10,16-18,20,26,28H,4-9,11-12H2,1-3H3/t16-,17-,18?,20?,21-,22-,23-/m0/s1. The first-order valence-corrected chi connectivity index (χ1v) is 10.8. The van der Waals surface area contributed by atoms with Crippen LogP contribution in [-0.2, 0) is 19.1 Å². The lowest BCUT2D eigenvalue weighted by Gasteiger charge is -2.60. The van der Waals surface area contributed by atoms with E-state index in [2.05, 4.69) is 6.92 Å². The van der Waals surface area contributed by atoms with E-state index in [1.54, 1.807) is 6.08 Å². The summed E-state index contributed by atoms with van der Waals surface area (Å²) in [5.74, 6) is -0.462. The molecule has 0 heterocycles. The fraction of sp³-hybridized carbons (Fsp3) is 0.783. The van der Waals surface area contributed by atoms with Crippen LogP contribution in [0.3, 0.4) is 0 Å². The lowest BCUT2D eigenvalue weighted by molar-refractivity contribution is -0.184. The van der Waals surface area contributed by atoms with Crippen LogP contribution in [0.4, 0.5) is 0 Å². The number of aliphatic hydroxyl groups is 2. The van der Waals surface area contributed by atoms with Crippen LogP contribution in [0.15, 0.2) is 11.6 Å². The third-order valence-electron chi connectivity index (χ3n) is 8.92. The number of hydrogen-bond donors (Lipinski definition) is 2. The number of aliphatic hydroxyl groups excluding tert-OH is 1. The number of ketones is 2. The van der Waals surface area contributed by atoms with Gasteiger partial charge >= 0.3 is 5.97 Å². The predicted octanol–water partition coefficient (Wildman–Crippen LogP) is 2.35. The van der Waals surface area contributed by atoms with Crippen molar-refractivity contribution < 1.29 is 29.3 Å². The molecule has 2 N–H and O–H groups in total. The van der Waals surface area contributed by atoms with E-state index in [1.165, 1.54) is 6.92 Å². The van der Waals surface area contributed by atoms with E-state index in [0.717, 1.165) is 31.3 Å². The fourth-order valence-corrected chi connectivity index (χ4v) is 7.44. The first-order valence-electron chi connectivity index (χ1n) is 10.8. The molecule has 0 spiro atoms. The highest BCUT2D eigenvalue weighted by Crippen LogP contribution is 2.67. The maximum Gasteiger partial charge on any atom is 0.303 e. The second-order valence-corrected chi connectivity index (χ2v) is 10.2. The summed E-state index contributed by atoms with van der Waals surface area (Å²) in [6, 6.07) is 0. The van der Waals surface area contributed by atoms with Gasteiger partial charge in [0.15, 0.2) is 12.4 Å². The topological polar surface area (TPSA) is 101 Å². The minimum absolute atomic E-state index is 0.0413. The summed E-state index contributed by atoms with van der Waals surface area (Å²) in [6.45, 7) is 4.92. The van der Waals surface area contributed by atoms with Crippen molar-refractivity contribution in [3.8, 4) is 0 Å². The number of rotatable bonds is 3. The van der Waals surface area contributed by atoms with Crippen LogP contribution >= 0.6 is 0 Å². The summed E-state index contributed by atoms with van der Waals surface area (Å²) >= 11 is 0. The molecule has 4 rings (SSSR count). The van der Waals surface area contributed by atoms with Crippen LogP contribution in [0.2, 0.25) is 0 Å². The molecule has 0 aromatic heterocycles. The molecule has 160 valence electrons. The molecule has 29 heavy (non-hydrogen) atoms. The predicted molar refractivity (Wildman–Crippen MR) is 105 cm³/mol. The zero-order valence-corrected chi connectivity index (χ0v) is 17.6. The molecule has 2 unspecified atom stereocenters. The molecule has 4 aliphatic carbocycles. The summed E-state index contributed by atoms with van der Waals surface area (Å²) < 4.78 is 4.89. The van der Waals surface area contributed by atoms with E-state index in [1.807, 2.05) is 6.92 Å². The Bertz CT molecular complexity index is 786. The van der Waals surface area contributed by atoms with Crippen molar-refractivity contribution in [3.05, 3.63) is 11.6 Å². The van der Waals surface area contributed by atoms with Crippen LogP contribution in [0.25, 0.3) is 0 Å². The van der Waals surface area contributed by atoms with Gasteiger partial charge in [-0.05, 0) is 67.8 Å². The first-order chi connectivity index (χ1) is 13.5. The second-order valence-electron chi connectivity index (χ2n) is 10.2. The zero-order valence-electron chi connectivity index (χ0n) is 17.6. The van der Waals surface area contributed by atoms with Gasteiger partial charge in [0, 0.05) is 18.8 Å². The van der Waals surface area contributed by atoms with Gasteiger partial charge in [0.25, 0.3) is 0 Å². The minimum Gasteiger partial charge on any atom is -0.458 e. The van der Waals surface area contributed by atoms with Gasteiger partial charge in [0.05, 0.1) is 6.10 Å². The molecule has 0 saturated heterocycles. The Morgan fingerprint density at radius 3 is 2.62 bits per heavy atom. The SMILES string of the molecule is CC(=O)OCC(=O)[C@@]1(O)CC[C@H]2[C@@H]3CCC4=CC(=O)CC[C@]4(C)C3C(O)C[C@@]21C. The summed E-state index contributed by atoms with van der Waals surface area (Å²) in [5, 5.41) is 22.8. The van der Waals surface area contributed by atoms with Crippen molar-refractivity contribution in [2.75, 3.05) is 6.61 Å². The van der Waals surface area contributed by atoms with E-state index < -0.39 is 35.5 Å². The molecule has 0 bridgehead atoms. The Morgan fingerprint density at radius 2 is 1.93 bits per heavy atom. The lowest BCUT2D eigenvalue weighted by Crippen LogP contribution is -2.62. The lowest BCUT2D eigenvalue weighted by atomic mass is 9.45. The average molecular weight is 405 g/mol. The van der Waals surface area contributed by atoms with Gasteiger partial charge in [-0.1, -0.05) is 19.4 Å². The van der Waals surface area contributed by atoms with Crippen molar-refractivity contribution in [2.24, 2.45) is 28.6 Å². The first kappa shape index (κ1) is 20.7.